The molecule has 1 aromatic rings. The van der Waals surface area contributed by atoms with E-state index in [1.54, 1.807) is 12.1 Å². The molecular formula is C10H8ClN3O2. The monoisotopic (exact) mass is 237 g/mol. The SMILES string of the molecule is N#Cc1ccc2c(c1)N(O)C(=O)[C@@H](NCl)C2. The molecule has 0 saturated carbocycles. The zero-order valence-corrected chi connectivity index (χ0v) is 8.90. The molecule has 82 valence electrons. The Labute approximate surface area is 96.9 Å². The minimum absolute atomic E-state index is 0.340. The van der Waals surface area contributed by atoms with Gasteiger partial charge in [-0.15, -0.1) is 0 Å². The van der Waals surface area contributed by atoms with Crippen molar-refractivity contribution >= 4 is 23.4 Å². The third-order valence-corrected chi connectivity index (χ3v) is 2.77. The maximum atomic E-state index is 11.6. The van der Waals surface area contributed by atoms with Gasteiger partial charge in [0.1, 0.15) is 6.04 Å². The predicted molar refractivity (Wildman–Crippen MR) is 56.9 cm³/mol. The summed E-state index contributed by atoms with van der Waals surface area (Å²) in [4.78, 5) is 13.9. The van der Waals surface area contributed by atoms with Crippen molar-refractivity contribution in [2.75, 3.05) is 5.06 Å². The molecule has 1 amide bonds. The van der Waals surface area contributed by atoms with E-state index in [-0.39, 0.29) is 0 Å². The van der Waals surface area contributed by atoms with Crippen molar-refractivity contribution in [1.82, 2.24) is 4.84 Å². The smallest absolute Gasteiger partial charge is 0.269 e. The summed E-state index contributed by atoms with van der Waals surface area (Å²) in [5, 5.41) is 18.9. The largest absolute Gasteiger partial charge is 0.281 e. The van der Waals surface area contributed by atoms with Crippen molar-refractivity contribution in [1.29, 1.82) is 5.26 Å². The van der Waals surface area contributed by atoms with Crippen molar-refractivity contribution in [3.63, 3.8) is 0 Å². The van der Waals surface area contributed by atoms with Crippen LogP contribution in [0.4, 0.5) is 5.69 Å². The van der Waals surface area contributed by atoms with E-state index in [1.165, 1.54) is 6.07 Å². The summed E-state index contributed by atoms with van der Waals surface area (Å²) in [5.74, 6) is -0.530. The van der Waals surface area contributed by atoms with Crippen LogP contribution >= 0.6 is 11.8 Å². The number of nitrogens with one attached hydrogen (secondary N) is 1. The Morgan fingerprint density at radius 2 is 2.38 bits per heavy atom. The first-order valence-electron chi connectivity index (χ1n) is 4.59. The molecule has 0 unspecified atom stereocenters. The molecule has 6 heteroatoms. The van der Waals surface area contributed by atoms with Gasteiger partial charge < -0.3 is 0 Å². The van der Waals surface area contributed by atoms with E-state index in [4.69, 9.17) is 17.0 Å². The summed E-state index contributed by atoms with van der Waals surface area (Å²) >= 11 is 5.40. The summed E-state index contributed by atoms with van der Waals surface area (Å²) in [7, 11) is 0. The van der Waals surface area contributed by atoms with Gasteiger partial charge in [0, 0.05) is 6.42 Å². The second-order valence-corrected chi connectivity index (χ2v) is 3.69. The number of amides is 1. The van der Waals surface area contributed by atoms with Gasteiger partial charge in [-0.05, 0) is 29.5 Å². The van der Waals surface area contributed by atoms with Gasteiger partial charge in [0.2, 0.25) is 0 Å². The number of carbonyl (C=O) groups excluding carboxylic acids is 1. The van der Waals surface area contributed by atoms with E-state index < -0.39 is 11.9 Å². The Bertz CT molecular complexity index is 483. The number of fused-ring (bicyclic) bond motifs is 1. The van der Waals surface area contributed by atoms with Crippen LogP contribution in [0.2, 0.25) is 0 Å². The van der Waals surface area contributed by atoms with Crippen molar-refractivity contribution in [2.45, 2.75) is 12.5 Å². The summed E-state index contributed by atoms with van der Waals surface area (Å²) in [6, 6.07) is 6.10. The van der Waals surface area contributed by atoms with E-state index in [0.29, 0.717) is 22.7 Å². The lowest BCUT2D eigenvalue weighted by Crippen LogP contribution is -2.47. The maximum absolute atomic E-state index is 11.6. The molecule has 0 saturated heterocycles. The molecule has 1 aromatic carbocycles. The Morgan fingerprint density at radius 1 is 1.62 bits per heavy atom. The zero-order chi connectivity index (χ0) is 11.7. The van der Waals surface area contributed by atoms with Gasteiger partial charge in [0.25, 0.3) is 5.91 Å². The van der Waals surface area contributed by atoms with Crippen LogP contribution in [0, 0.1) is 11.3 Å². The number of rotatable bonds is 1. The van der Waals surface area contributed by atoms with E-state index >= 15 is 0 Å². The molecule has 5 nitrogen and oxygen atoms in total. The fraction of sp³-hybridized carbons (Fsp3) is 0.200. The van der Waals surface area contributed by atoms with Crippen LogP contribution in [-0.4, -0.2) is 17.2 Å². The van der Waals surface area contributed by atoms with E-state index in [9.17, 15) is 10.0 Å². The van der Waals surface area contributed by atoms with Crippen LogP contribution < -0.4 is 9.90 Å². The fourth-order valence-electron chi connectivity index (χ4n) is 1.66. The number of halogens is 1. The van der Waals surface area contributed by atoms with Crippen LogP contribution in [0.15, 0.2) is 18.2 Å². The molecule has 0 fully saturated rings. The van der Waals surface area contributed by atoms with Gasteiger partial charge in [-0.1, -0.05) is 6.07 Å². The number of nitriles is 1. The molecule has 1 aliphatic heterocycles. The molecule has 0 aliphatic carbocycles. The standard InChI is InChI=1S/C10H8ClN3O2/c11-13-8-4-7-2-1-6(5-12)3-9(7)14(16)10(8)15/h1-3,8,13,16H,4H2/t8-/m0/s1. The van der Waals surface area contributed by atoms with Gasteiger partial charge in [-0.2, -0.15) is 10.3 Å². The Kier molecular flexibility index (Phi) is 2.79. The molecule has 2 rings (SSSR count). The van der Waals surface area contributed by atoms with Gasteiger partial charge in [-0.3, -0.25) is 10.0 Å². The highest BCUT2D eigenvalue weighted by atomic mass is 35.5. The van der Waals surface area contributed by atoms with Gasteiger partial charge in [-0.25, -0.2) is 4.84 Å². The lowest BCUT2D eigenvalue weighted by molar-refractivity contribution is -0.125. The van der Waals surface area contributed by atoms with Crippen LogP contribution in [-0.2, 0) is 11.2 Å². The van der Waals surface area contributed by atoms with E-state index in [0.717, 1.165) is 5.56 Å². The molecule has 1 heterocycles. The zero-order valence-electron chi connectivity index (χ0n) is 8.14. The molecule has 1 atom stereocenters. The number of benzene rings is 1. The number of hydrogen-bond donors (Lipinski definition) is 2. The van der Waals surface area contributed by atoms with Crippen molar-refractivity contribution < 1.29 is 10.0 Å². The number of carbonyl (C=O) groups is 1. The highest BCUT2D eigenvalue weighted by Gasteiger charge is 2.31. The van der Waals surface area contributed by atoms with Crippen LogP contribution in [0.3, 0.4) is 0 Å². The maximum Gasteiger partial charge on any atom is 0.269 e. The first-order valence-corrected chi connectivity index (χ1v) is 4.97. The first kappa shape index (κ1) is 10.9. The number of hydrogen-bond acceptors (Lipinski definition) is 4. The van der Waals surface area contributed by atoms with Gasteiger partial charge >= 0.3 is 0 Å². The molecule has 0 spiro atoms. The lowest BCUT2D eigenvalue weighted by atomic mass is 9.98. The summed E-state index contributed by atoms with van der Waals surface area (Å²) in [6.45, 7) is 0. The van der Waals surface area contributed by atoms with Crippen LogP contribution in [0.1, 0.15) is 11.1 Å². The van der Waals surface area contributed by atoms with Crippen molar-refractivity contribution in [2.24, 2.45) is 0 Å². The normalized spacial score (nSPS) is 19.2. The average molecular weight is 238 g/mol. The lowest BCUT2D eigenvalue weighted by Gasteiger charge is -2.28. The summed E-state index contributed by atoms with van der Waals surface area (Å²) in [6.07, 6.45) is 0.389. The van der Waals surface area contributed by atoms with Crippen LogP contribution in [0.5, 0.6) is 0 Å². The highest BCUT2D eigenvalue weighted by Crippen LogP contribution is 2.27. The van der Waals surface area contributed by atoms with Gasteiger partial charge in [0.15, 0.2) is 0 Å². The topological polar surface area (TPSA) is 76.4 Å². The van der Waals surface area contributed by atoms with E-state index in [2.05, 4.69) is 4.84 Å². The van der Waals surface area contributed by atoms with Gasteiger partial charge in [0.05, 0.1) is 17.3 Å². The second kappa shape index (κ2) is 4.10. The van der Waals surface area contributed by atoms with Crippen molar-refractivity contribution in [3.05, 3.63) is 29.3 Å². The molecule has 0 radical (unpaired) electrons. The fourth-order valence-corrected chi connectivity index (χ4v) is 1.83. The molecule has 2 N–H and O–H groups in total. The third-order valence-electron chi connectivity index (χ3n) is 2.51. The Hall–Kier alpha value is -1.61. The third kappa shape index (κ3) is 1.63. The predicted octanol–water partition coefficient (Wildman–Crippen LogP) is 0.949. The number of hydroxylamine groups is 1. The van der Waals surface area contributed by atoms with Crippen LogP contribution in [0.25, 0.3) is 0 Å². The number of nitrogens with zero attached hydrogens (tertiary/aromatic N) is 2. The summed E-state index contributed by atoms with van der Waals surface area (Å²) < 4.78 is 0. The second-order valence-electron chi connectivity index (χ2n) is 3.47. The van der Waals surface area contributed by atoms with Crippen molar-refractivity contribution in [3.8, 4) is 6.07 Å². The molecule has 1 aliphatic rings. The molecule has 0 bridgehead atoms. The first-order chi connectivity index (χ1) is 7.67. The number of anilines is 1. The summed E-state index contributed by atoms with van der Waals surface area (Å²) in [5.41, 5.74) is 1.49. The Morgan fingerprint density at radius 3 is 3.00 bits per heavy atom. The highest BCUT2D eigenvalue weighted by molar-refractivity contribution is 6.16. The quantitative estimate of drug-likeness (QED) is 0.563. The molecule has 0 aromatic heterocycles. The average Bonchev–Trinajstić information content (AvgIpc) is 2.33. The molecular weight excluding hydrogens is 230 g/mol. The molecule has 16 heavy (non-hydrogen) atoms. The van der Waals surface area contributed by atoms with E-state index in [1.807, 2.05) is 6.07 Å². The Balaban J connectivity index is 2.47. The minimum Gasteiger partial charge on any atom is -0.281 e. The minimum atomic E-state index is -0.646.